The molecular formula is C15H27N3. The van der Waals surface area contributed by atoms with E-state index in [2.05, 4.69) is 41.8 Å². The maximum Gasteiger partial charge on any atom is 0.203 e. The number of imidazole rings is 1. The molecule has 1 aromatic rings. The predicted octanol–water partition coefficient (Wildman–Crippen LogP) is 4.24. The van der Waals surface area contributed by atoms with Crippen molar-refractivity contribution in [1.29, 1.82) is 0 Å². The van der Waals surface area contributed by atoms with Crippen LogP contribution in [0.4, 0.5) is 5.95 Å². The Hall–Kier alpha value is -0.990. The van der Waals surface area contributed by atoms with Crippen molar-refractivity contribution < 1.29 is 0 Å². The monoisotopic (exact) mass is 249 g/mol. The van der Waals surface area contributed by atoms with Gasteiger partial charge in [0.05, 0.1) is 0 Å². The Bertz CT molecular complexity index is 362. The number of anilines is 1. The van der Waals surface area contributed by atoms with Crippen molar-refractivity contribution in [1.82, 2.24) is 9.55 Å². The molecule has 0 unspecified atom stereocenters. The van der Waals surface area contributed by atoms with Gasteiger partial charge in [-0.2, -0.15) is 0 Å². The quantitative estimate of drug-likeness (QED) is 0.846. The number of aromatic nitrogens is 2. The number of nitrogens with one attached hydrogen (secondary N) is 1. The summed E-state index contributed by atoms with van der Waals surface area (Å²) in [5.74, 6) is 1.06. The normalized spacial score (nSPS) is 17.9. The zero-order chi connectivity index (χ0) is 13.0. The van der Waals surface area contributed by atoms with Crippen LogP contribution in [0.15, 0.2) is 12.4 Å². The van der Waals surface area contributed by atoms with E-state index in [1.165, 1.54) is 38.5 Å². The standard InChI is InChI=1S/C15H27N3/c1-4-15(2,3)12-17-14-16-10-11-18(14)13-8-6-5-7-9-13/h10-11,13H,4-9,12H2,1-3H3,(H,16,17). The van der Waals surface area contributed by atoms with E-state index in [4.69, 9.17) is 0 Å². The summed E-state index contributed by atoms with van der Waals surface area (Å²) in [5, 5.41) is 3.53. The number of hydrogen-bond acceptors (Lipinski definition) is 2. The molecule has 3 heteroatoms. The third-order valence-corrected chi connectivity index (χ3v) is 4.32. The van der Waals surface area contributed by atoms with Gasteiger partial charge in [-0.3, -0.25) is 0 Å². The summed E-state index contributed by atoms with van der Waals surface area (Å²) in [7, 11) is 0. The Kier molecular flexibility index (Phi) is 4.31. The fourth-order valence-electron chi connectivity index (χ4n) is 2.55. The fraction of sp³-hybridized carbons (Fsp3) is 0.800. The molecule has 1 heterocycles. The van der Waals surface area contributed by atoms with Crippen LogP contribution in [0.3, 0.4) is 0 Å². The van der Waals surface area contributed by atoms with E-state index < -0.39 is 0 Å². The molecule has 0 atom stereocenters. The van der Waals surface area contributed by atoms with Gasteiger partial charge in [0.1, 0.15) is 0 Å². The molecule has 0 amide bonds. The molecule has 102 valence electrons. The van der Waals surface area contributed by atoms with E-state index in [1.807, 2.05) is 6.20 Å². The van der Waals surface area contributed by atoms with E-state index in [0.717, 1.165) is 12.5 Å². The average Bonchev–Trinajstić information content (AvgIpc) is 2.86. The topological polar surface area (TPSA) is 29.9 Å². The number of hydrogen-bond donors (Lipinski definition) is 1. The Balaban J connectivity index is 1.99. The maximum atomic E-state index is 4.48. The van der Waals surface area contributed by atoms with Gasteiger partial charge in [0.25, 0.3) is 0 Å². The lowest BCUT2D eigenvalue weighted by Gasteiger charge is -2.27. The molecule has 2 rings (SSSR count). The Morgan fingerprint density at radius 2 is 2.06 bits per heavy atom. The van der Waals surface area contributed by atoms with Gasteiger partial charge in [0, 0.05) is 25.0 Å². The average molecular weight is 249 g/mol. The molecule has 18 heavy (non-hydrogen) atoms. The molecule has 0 spiro atoms. The van der Waals surface area contributed by atoms with Crippen LogP contribution in [0.1, 0.15) is 65.3 Å². The van der Waals surface area contributed by atoms with E-state index in [0.29, 0.717) is 11.5 Å². The first-order valence-corrected chi connectivity index (χ1v) is 7.39. The molecule has 1 N–H and O–H groups in total. The van der Waals surface area contributed by atoms with E-state index in [1.54, 1.807) is 0 Å². The van der Waals surface area contributed by atoms with E-state index >= 15 is 0 Å². The Morgan fingerprint density at radius 1 is 1.33 bits per heavy atom. The van der Waals surface area contributed by atoms with Crippen molar-refractivity contribution in [2.45, 2.75) is 65.3 Å². The van der Waals surface area contributed by atoms with E-state index in [-0.39, 0.29) is 0 Å². The summed E-state index contributed by atoms with van der Waals surface area (Å²) in [4.78, 5) is 4.48. The van der Waals surface area contributed by atoms with Crippen molar-refractivity contribution in [3.63, 3.8) is 0 Å². The number of nitrogens with zero attached hydrogens (tertiary/aromatic N) is 2. The van der Waals surface area contributed by atoms with Crippen molar-refractivity contribution in [2.75, 3.05) is 11.9 Å². The second kappa shape index (κ2) is 5.77. The minimum atomic E-state index is 0.337. The maximum absolute atomic E-state index is 4.48. The van der Waals surface area contributed by atoms with Gasteiger partial charge in [0.15, 0.2) is 0 Å². The van der Waals surface area contributed by atoms with Gasteiger partial charge < -0.3 is 9.88 Å². The third-order valence-electron chi connectivity index (χ3n) is 4.32. The third kappa shape index (κ3) is 3.27. The molecule has 0 radical (unpaired) electrons. The Labute approximate surface area is 111 Å². The lowest BCUT2D eigenvalue weighted by Crippen LogP contribution is -2.24. The first-order valence-electron chi connectivity index (χ1n) is 7.39. The second-order valence-electron chi connectivity index (χ2n) is 6.32. The lowest BCUT2D eigenvalue weighted by molar-refractivity contribution is 0.350. The second-order valence-corrected chi connectivity index (χ2v) is 6.32. The highest BCUT2D eigenvalue weighted by molar-refractivity contribution is 5.27. The highest BCUT2D eigenvalue weighted by Gasteiger charge is 2.19. The van der Waals surface area contributed by atoms with Crippen molar-refractivity contribution in [3.8, 4) is 0 Å². The zero-order valence-electron chi connectivity index (χ0n) is 12.1. The van der Waals surface area contributed by atoms with Crippen LogP contribution in [0, 0.1) is 5.41 Å². The molecule has 1 saturated carbocycles. The van der Waals surface area contributed by atoms with Gasteiger partial charge in [0.2, 0.25) is 5.95 Å². The lowest BCUT2D eigenvalue weighted by atomic mass is 9.90. The molecule has 1 aliphatic carbocycles. The van der Waals surface area contributed by atoms with Crippen LogP contribution >= 0.6 is 0 Å². The molecular weight excluding hydrogens is 222 g/mol. The molecule has 3 nitrogen and oxygen atoms in total. The fourth-order valence-corrected chi connectivity index (χ4v) is 2.55. The van der Waals surface area contributed by atoms with Crippen molar-refractivity contribution in [2.24, 2.45) is 5.41 Å². The van der Waals surface area contributed by atoms with Crippen LogP contribution in [-0.4, -0.2) is 16.1 Å². The zero-order valence-corrected chi connectivity index (χ0v) is 12.1. The number of rotatable bonds is 5. The van der Waals surface area contributed by atoms with Gasteiger partial charge in [-0.1, -0.05) is 40.0 Å². The SMILES string of the molecule is CCC(C)(C)CNc1nccn1C1CCCCC1. The molecule has 0 aromatic carbocycles. The van der Waals surface area contributed by atoms with Gasteiger partial charge in [-0.15, -0.1) is 0 Å². The minimum Gasteiger partial charge on any atom is -0.355 e. The molecule has 1 aromatic heterocycles. The van der Waals surface area contributed by atoms with Crippen LogP contribution in [-0.2, 0) is 0 Å². The molecule has 0 bridgehead atoms. The summed E-state index contributed by atoms with van der Waals surface area (Å²) in [6, 6.07) is 0.661. The highest BCUT2D eigenvalue weighted by atomic mass is 15.2. The van der Waals surface area contributed by atoms with Gasteiger partial charge in [-0.05, 0) is 24.7 Å². The summed E-state index contributed by atoms with van der Waals surface area (Å²) in [5.41, 5.74) is 0.337. The van der Waals surface area contributed by atoms with Crippen molar-refractivity contribution in [3.05, 3.63) is 12.4 Å². The summed E-state index contributed by atoms with van der Waals surface area (Å²) >= 11 is 0. The van der Waals surface area contributed by atoms with Gasteiger partial charge >= 0.3 is 0 Å². The van der Waals surface area contributed by atoms with Crippen molar-refractivity contribution >= 4 is 5.95 Å². The molecule has 0 saturated heterocycles. The summed E-state index contributed by atoms with van der Waals surface area (Å²) in [6.45, 7) is 7.84. The van der Waals surface area contributed by atoms with Gasteiger partial charge in [-0.25, -0.2) is 4.98 Å². The smallest absolute Gasteiger partial charge is 0.203 e. The summed E-state index contributed by atoms with van der Waals surface area (Å²) < 4.78 is 2.35. The minimum absolute atomic E-state index is 0.337. The first kappa shape index (κ1) is 13.4. The van der Waals surface area contributed by atoms with E-state index in [9.17, 15) is 0 Å². The van der Waals surface area contributed by atoms with Crippen LogP contribution in [0.5, 0.6) is 0 Å². The highest BCUT2D eigenvalue weighted by Crippen LogP contribution is 2.30. The predicted molar refractivity (Wildman–Crippen MR) is 76.9 cm³/mol. The molecule has 0 aliphatic heterocycles. The first-order chi connectivity index (χ1) is 8.62. The molecule has 1 aliphatic rings. The van der Waals surface area contributed by atoms with Crippen LogP contribution < -0.4 is 5.32 Å². The Morgan fingerprint density at radius 3 is 2.72 bits per heavy atom. The van der Waals surface area contributed by atoms with Crippen LogP contribution in [0.25, 0.3) is 0 Å². The summed E-state index contributed by atoms with van der Waals surface area (Å²) in [6.07, 6.45) is 12.0. The molecule has 1 fully saturated rings. The van der Waals surface area contributed by atoms with Crippen LogP contribution in [0.2, 0.25) is 0 Å². The largest absolute Gasteiger partial charge is 0.355 e.